The Morgan fingerprint density at radius 1 is 1.17 bits per heavy atom. The normalized spacial score (nSPS) is 13.4. The first-order valence-electron chi connectivity index (χ1n) is 9.79. The van der Waals surface area contributed by atoms with E-state index in [9.17, 15) is 0 Å². The Morgan fingerprint density at radius 3 is 2.80 bits per heavy atom. The molecule has 8 heteroatoms. The number of aliphatic imine (C=N–C) groups is 1. The van der Waals surface area contributed by atoms with Gasteiger partial charge < -0.3 is 15.2 Å². The molecule has 0 unspecified atom stereocenters. The van der Waals surface area contributed by atoms with E-state index in [-0.39, 0.29) is 0 Å². The third-order valence-corrected chi connectivity index (χ3v) is 4.94. The molecular formula is C22H23ClN6O. The number of nitrogens with zero attached hydrogens (tertiary/aromatic N) is 4. The first-order valence-corrected chi connectivity index (χ1v) is 10.2. The molecule has 0 fully saturated rings. The summed E-state index contributed by atoms with van der Waals surface area (Å²) in [5.74, 6) is 3.18. The maximum absolute atomic E-state index is 6.05. The number of halogens is 1. The standard InChI is InChI=1S/C22H23ClN6O/c1-13(2)16-9-20(24-11-16)27-21-7-14(3)26-22(28-21)25-12-18-10-19(29-30-18)15-5-4-6-17(23)8-15/h4-10,13H,11-12H2,1-3H3,(H2,24,25,26,27,28). The molecule has 0 radical (unpaired) electrons. The van der Waals surface area contributed by atoms with E-state index in [1.54, 1.807) is 0 Å². The molecule has 1 aromatic carbocycles. The van der Waals surface area contributed by atoms with Crippen LogP contribution in [0.1, 0.15) is 25.3 Å². The van der Waals surface area contributed by atoms with Crippen LogP contribution in [0.15, 0.2) is 57.6 Å². The number of aromatic nitrogens is 3. The highest BCUT2D eigenvalue weighted by molar-refractivity contribution is 6.30. The van der Waals surface area contributed by atoms with Crippen molar-refractivity contribution >= 4 is 29.2 Å². The highest BCUT2D eigenvalue weighted by atomic mass is 35.5. The molecule has 4 rings (SSSR count). The van der Waals surface area contributed by atoms with Gasteiger partial charge >= 0.3 is 0 Å². The second-order valence-electron chi connectivity index (χ2n) is 7.46. The predicted octanol–water partition coefficient (Wildman–Crippen LogP) is 5.11. The monoisotopic (exact) mass is 422 g/mol. The largest absolute Gasteiger partial charge is 0.359 e. The molecule has 3 aromatic rings. The minimum atomic E-state index is 0.412. The molecular weight excluding hydrogens is 400 g/mol. The molecule has 0 aliphatic carbocycles. The van der Waals surface area contributed by atoms with Crippen molar-refractivity contribution in [2.24, 2.45) is 10.9 Å². The summed E-state index contributed by atoms with van der Waals surface area (Å²) in [6, 6.07) is 11.3. The van der Waals surface area contributed by atoms with Crippen molar-refractivity contribution in [2.75, 3.05) is 17.2 Å². The zero-order valence-electron chi connectivity index (χ0n) is 17.1. The molecule has 154 valence electrons. The van der Waals surface area contributed by atoms with Gasteiger partial charge in [0.1, 0.15) is 17.3 Å². The van der Waals surface area contributed by atoms with Crippen LogP contribution in [0.4, 0.5) is 11.8 Å². The van der Waals surface area contributed by atoms with E-state index in [4.69, 9.17) is 16.1 Å². The van der Waals surface area contributed by atoms with Crippen LogP contribution in [0.5, 0.6) is 0 Å². The molecule has 30 heavy (non-hydrogen) atoms. The van der Waals surface area contributed by atoms with Gasteiger partial charge in [-0.25, -0.2) is 4.98 Å². The van der Waals surface area contributed by atoms with Crippen LogP contribution in [0.2, 0.25) is 5.02 Å². The second kappa shape index (κ2) is 8.67. The first kappa shape index (κ1) is 20.1. The quantitative estimate of drug-likeness (QED) is 0.573. The van der Waals surface area contributed by atoms with Gasteiger partial charge in [-0.1, -0.05) is 42.7 Å². The molecule has 0 spiro atoms. The van der Waals surface area contributed by atoms with E-state index in [2.05, 4.69) is 50.7 Å². The zero-order valence-corrected chi connectivity index (χ0v) is 17.9. The van der Waals surface area contributed by atoms with Gasteiger partial charge in [-0.05, 0) is 36.6 Å². The van der Waals surface area contributed by atoms with Gasteiger partial charge in [0.15, 0.2) is 5.76 Å². The van der Waals surface area contributed by atoms with E-state index in [1.807, 2.05) is 43.3 Å². The maximum atomic E-state index is 6.05. The molecule has 0 saturated carbocycles. The zero-order chi connectivity index (χ0) is 21.1. The van der Waals surface area contributed by atoms with Gasteiger partial charge in [-0.15, -0.1) is 0 Å². The van der Waals surface area contributed by atoms with Gasteiger partial charge in [0.25, 0.3) is 0 Å². The van der Waals surface area contributed by atoms with Gasteiger partial charge in [0.2, 0.25) is 5.95 Å². The van der Waals surface area contributed by atoms with Crippen LogP contribution in [-0.2, 0) is 6.54 Å². The van der Waals surface area contributed by atoms with Crippen molar-refractivity contribution in [2.45, 2.75) is 27.3 Å². The summed E-state index contributed by atoms with van der Waals surface area (Å²) in [7, 11) is 0. The summed E-state index contributed by atoms with van der Waals surface area (Å²) in [6.07, 6.45) is 2.08. The van der Waals surface area contributed by atoms with Crippen molar-refractivity contribution in [3.63, 3.8) is 0 Å². The number of rotatable bonds is 6. The summed E-state index contributed by atoms with van der Waals surface area (Å²) < 4.78 is 5.43. The third kappa shape index (κ3) is 4.86. The predicted molar refractivity (Wildman–Crippen MR) is 120 cm³/mol. The maximum Gasteiger partial charge on any atom is 0.225 e. The molecule has 0 saturated heterocycles. The van der Waals surface area contributed by atoms with Crippen LogP contribution < -0.4 is 10.6 Å². The van der Waals surface area contributed by atoms with Gasteiger partial charge in [0, 0.05) is 28.4 Å². The van der Waals surface area contributed by atoms with E-state index < -0.39 is 0 Å². The Labute approximate surface area is 180 Å². The topological polar surface area (TPSA) is 88.2 Å². The minimum Gasteiger partial charge on any atom is -0.359 e. The average Bonchev–Trinajstić information content (AvgIpc) is 3.36. The lowest BCUT2D eigenvalue weighted by Crippen LogP contribution is -2.11. The van der Waals surface area contributed by atoms with Crippen LogP contribution in [0, 0.1) is 12.8 Å². The van der Waals surface area contributed by atoms with Crippen LogP contribution >= 0.6 is 11.6 Å². The second-order valence-corrected chi connectivity index (χ2v) is 7.90. The molecule has 1 aliphatic rings. The molecule has 1 aliphatic heterocycles. The third-order valence-electron chi connectivity index (χ3n) is 4.71. The van der Waals surface area contributed by atoms with Crippen molar-refractivity contribution in [1.82, 2.24) is 15.1 Å². The molecule has 7 nitrogen and oxygen atoms in total. The fraction of sp³-hybridized carbons (Fsp3) is 0.273. The number of anilines is 2. The molecule has 3 heterocycles. The number of hydrogen-bond acceptors (Lipinski definition) is 7. The fourth-order valence-corrected chi connectivity index (χ4v) is 3.25. The number of aryl methyl sites for hydroxylation is 1. The average molecular weight is 423 g/mol. The van der Waals surface area contributed by atoms with Crippen LogP contribution in [0.3, 0.4) is 0 Å². The Morgan fingerprint density at radius 2 is 2.03 bits per heavy atom. The fourth-order valence-electron chi connectivity index (χ4n) is 3.06. The van der Waals surface area contributed by atoms with E-state index in [0.29, 0.717) is 35.0 Å². The molecule has 0 atom stereocenters. The van der Waals surface area contributed by atoms with Gasteiger partial charge in [0.05, 0.1) is 13.1 Å². The SMILES string of the molecule is Cc1cc(NC2=NCC(C(C)C)=C2)nc(NCc2cc(-c3cccc(Cl)c3)no2)n1. The summed E-state index contributed by atoms with van der Waals surface area (Å²) in [5, 5.41) is 11.2. The Kier molecular flexibility index (Phi) is 5.81. The number of hydrogen-bond donors (Lipinski definition) is 2. The van der Waals surface area contributed by atoms with Crippen molar-refractivity contribution < 1.29 is 4.52 Å². The lowest BCUT2D eigenvalue weighted by molar-refractivity contribution is 0.390. The summed E-state index contributed by atoms with van der Waals surface area (Å²) >= 11 is 6.05. The summed E-state index contributed by atoms with van der Waals surface area (Å²) in [4.78, 5) is 13.5. The van der Waals surface area contributed by atoms with E-state index >= 15 is 0 Å². The van der Waals surface area contributed by atoms with Gasteiger partial charge in [-0.2, -0.15) is 4.98 Å². The van der Waals surface area contributed by atoms with Crippen LogP contribution in [0.25, 0.3) is 11.3 Å². The molecule has 0 bridgehead atoms. The smallest absolute Gasteiger partial charge is 0.225 e. The number of amidine groups is 1. The van der Waals surface area contributed by atoms with Crippen molar-refractivity contribution in [1.29, 1.82) is 0 Å². The Balaban J connectivity index is 1.42. The van der Waals surface area contributed by atoms with Crippen LogP contribution in [-0.4, -0.2) is 27.5 Å². The Bertz CT molecular complexity index is 1120. The van der Waals surface area contributed by atoms with E-state index in [1.165, 1.54) is 5.57 Å². The molecule has 2 aromatic heterocycles. The van der Waals surface area contributed by atoms with Gasteiger partial charge in [-0.3, -0.25) is 4.99 Å². The van der Waals surface area contributed by atoms with Crippen molar-refractivity contribution in [3.05, 3.63) is 64.5 Å². The number of nitrogens with one attached hydrogen (secondary N) is 2. The molecule has 2 N–H and O–H groups in total. The van der Waals surface area contributed by atoms with Crippen molar-refractivity contribution in [3.8, 4) is 11.3 Å². The highest BCUT2D eigenvalue weighted by Crippen LogP contribution is 2.23. The number of benzene rings is 1. The minimum absolute atomic E-state index is 0.412. The Hall–Kier alpha value is -3.19. The van der Waals surface area contributed by atoms with E-state index in [0.717, 1.165) is 29.3 Å². The highest BCUT2D eigenvalue weighted by Gasteiger charge is 2.13. The molecule has 0 amide bonds. The first-order chi connectivity index (χ1) is 14.5. The summed E-state index contributed by atoms with van der Waals surface area (Å²) in [6.45, 7) is 7.41. The summed E-state index contributed by atoms with van der Waals surface area (Å²) in [5.41, 5.74) is 3.79. The lowest BCUT2D eigenvalue weighted by atomic mass is 10.0. The lowest BCUT2D eigenvalue weighted by Gasteiger charge is -2.08.